The lowest BCUT2D eigenvalue weighted by Gasteiger charge is -2.56. The summed E-state index contributed by atoms with van der Waals surface area (Å²) < 4.78 is 15.0. The molecule has 2 heteroatoms. The summed E-state index contributed by atoms with van der Waals surface area (Å²) in [4.78, 5) is 12.1. The number of Topliss-reactive ketones (excluding diaryl/α,β-unsaturated/α-hetero) is 1. The van der Waals surface area contributed by atoms with Crippen LogP contribution in [-0.2, 0) is 4.79 Å². The van der Waals surface area contributed by atoms with Gasteiger partial charge in [-0.05, 0) is 92.8 Å². The van der Waals surface area contributed by atoms with Crippen LogP contribution in [0.25, 0.3) is 0 Å². The maximum Gasteiger partial charge on any atom is 0.133 e. The highest BCUT2D eigenvalue weighted by Gasteiger charge is 2.59. The fraction of sp³-hybridized carbons (Fsp3) is 0.957. The number of carbonyl (C=O) groups excluding carboxylic acids is 1. The maximum atomic E-state index is 15.0. The van der Waals surface area contributed by atoms with Gasteiger partial charge in [0.05, 0.1) is 0 Å². The van der Waals surface area contributed by atoms with Gasteiger partial charge in [-0.25, -0.2) is 4.39 Å². The molecule has 0 bridgehead atoms. The molecule has 0 saturated heterocycles. The minimum atomic E-state index is -0.581. The van der Waals surface area contributed by atoms with Crippen molar-refractivity contribution in [1.29, 1.82) is 0 Å². The standard InChI is InChI=1S/C21H33FO.C2H6/c1-12-4-5-14-15-8-9-21(3)18(13(2)23)6-7-19(21)16(15)11-20(22)17(14)10-12;1-2/h12,14-20H,4-11H2,1-3H3;1-2H3. The highest BCUT2D eigenvalue weighted by Crippen LogP contribution is 2.64. The SMILES string of the molecule is CC.CC(=O)C1CCC2C3CC(F)C4CC(C)CCC4C3CCC12C. The Morgan fingerprint density at radius 3 is 2.28 bits per heavy atom. The maximum absolute atomic E-state index is 15.0. The van der Waals surface area contributed by atoms with E-state index in [-0.39, 0.29) is 11.3 Å². The van der Waals surface area contributed by atoms with E-state index >= 15 is 4.39 Å². The second-order valence-electron chi connectivity index (χ2n) is 9.72. The molecule has 0 N–H and O–H groups in total. The summed E-state index contributed by atoms with van der Waals surface area (Å²) in [6.07, 6.45) is 8.58. The molecule has 144 valence electrons. The van der Waals surface area contributed by atoms with Crippen molar-refractivity contribution in [3.05, 3.63) is 0 Å². The molecule has 1 nitrogen and oxygen atoms in total. The number of alkyl halides is 1. The van der Waals surface area contributed by atoms with E-state index < -0.39 is 6.17 Å². The Morgan fingerprint density at radius 1 is 0.920 bits per heavy atom. The molecule has 9 unspecified atom stereocenters. The van der Waals surface area contributed by atoms with Gasteiger partial charge in [-0.3, -0.25) is 4.79 Å². The zero-order chi connectivity index (χ0) is 18.4. The molecule has 4 saturated carbocycles. The zero-order valence-corrected chi connectivity index (χ0v) is 17.1. The molecule has 0 aromatic heterocycles. The van der Waals surface area contributed by atoms with E-state index in [9.17, 15) is 4.79 Å². The van der Waals surface area contributed by atoms with E-state index in [0.717, 1.165) is 25.2 Å². The molecule has 0 heterocycles. The van der Waals surface area contributed by atoms with Crippen molar-refractivity contribution < 1.29 is 9.18 Å². The largest absolute Gasteiger partial charge is 0.300 e. The van der Waals surface area contributed by atoms with E-state index in [4.69, 9.17) is 0 Å². The summed E-state index contributed by atoms with van der Waals surface area (Å²) in [7, 11) is 0. The van der Waals surface area contributed by atoms with Crippen LogP contribution in [0.4, 0.5) is 4.39 Å². The molecule has 0 aliphatic heterocycles. The van der Waals surface area contributed by atoms with Crippen LogP contribution in [0.5, 0.6) is 0 Å². The molecule has 4 aliphatic carbocycles. The topological polar surface area (TPSA) is 17.1 Å². The summed E-state index contributed by atoms with van der Waals surface area (Å²) in [5, 5.41) is 0. The van der Waals surface area contributed by atoms with Crippen molar-refractivity contribution in [2.45, 2.75) is 92.2 Å². The van der Waals surface area contributed by atoms with Gasteiger partial charge in [0.1, 0.15) is 12.0 Å². The Morgan fingerprint density at radius 2 is 1.60 bits per heavy atom. The van der Waals surface area contributed by atoms with Crippen LogP contribution in [-0.4, -0.2) is 12.0 Å². The normalized spacial score (nSPS) is 51.4. The van der Waals surface area contributed by atoms with Crippen molar-refractivity contribution in [2.24, 2.45) is 46.8 Å². The molecule has 0 aromatic carbocycles. The minimum Gasteiger partial charge on any atom is -0.300 e. The predicted molar refractivity (Wildman–Crippen MR) is 102 cm³/mol. The number of ketones is 1. The fourth-order valence-electron chi connectivity index (χ4n) is 7.69. The van der Waals surface area contributed by atoms with Gasteiger partial charge in [-0.1, -0.05) is 34.1 Å². The third-order valence-electron chi connectivity index (χ3n) is 8.71. The Bertz CT molecular complexity index is 488. The van der Waals surface area contributed by atoms with Crippen molar-refractivity contribution >= 4 is 5.78 Å². The minimum absolute atomic E-state index is 0.168. The Labute approximate surface area is 154 Å². The van der Waals surface area contributed by atoms with Gasteiger partial charge in [-0.15, -0.1) is 0 Å². The number of halogens is 1. The molecule has 25 heavy (non-hydrogen) atoms. The molecular formula is C23H39FO. The number of hydrogen-bond acceptors (Lipinski definition) is 1. The van der Waals surface area contributed by atoms with E-state index in [1.54, 1.807) is 6.92 Å². The number of fused-ring (bicyclic) bond motifs is 5. The molecule has 4 fully saturated rings. The first-order chi connectivity index (χ1) is 11.9. The average molecular weight is 351 g/mol. The smallest absolute Gasteiger partial charge is 0.133 e. The molecule has 0 amide bonds. The molecule has 4 rings (SSSR count). The summed E-state index contributed by atoms with van der Waals surface area (Å²) in [6, 6.07) is 0. The van der Waals surface area contributed by atoms with E-state index in [1.807, 2.05) is 13.8 Å². The first-order valence-corrected chi connectivity index (χ1v) is 11.1. The van der Waals surface area contributed by atoms with Gasteiger partial charge >= 0.3 is 0 Å². The van der Waals surface area contributed by atoms with Crippen LogP contribution in [0.2, 0.25) is 0 Å². The summed E-state index contributed by atoms with van der Waals surface area (Å²) in [5.41, 5.74) is 0.168. The average Bonchev–Trinajstić information content (AvgIpc) is 2.95. The van der Waals surface area contributed by atoms with E-state index in [2.05, 4.69) is 13.8 Å². The lowest BCUT2D eigenvalue weighted by Crippen LogP contribution is -2.52. The van der Waals surface area contributed by atoms with Gasteiger partial charge in [0.25, 0.3) is 0 Å². The molecule has 9 atom stereocenters. The van der Waals surface area contributed by atoms with Gasteiger partial charge in [0, 0.05) is 5.92 Å². The Balaban J connectivity index is 0.000000880. The number of carbonyl (C=O) groups is 1. The fourth-order valence-corrected chi connectivity index (χ4v) is 7.69. The van der Waals surface area contributed by atoms with Crippen LogP contribution in [0, 0.1) is 46.8 Å². The molecule has 0 spiro atoms. The zero-order valence-electron chi connectivity index (χ0n) is 17.1. The second kappa shape index (κ2) is 7.31. The van der Waals surface area contributed by atoms with Crippen molar-refractivity contribution in [3.8, 4) is 0 Å². The third kappa shape index (κ3) is 3.10. The summed E-state index contributed by atoms with van der Waals surface area (Å²) in [5.74, 6) is 4.24. The number of hydrogen-bond donors (Lipinski definition) is 0. The molecule has 0 radical (unpaired) electrons. The van der Waals surface area contributed by atoms with Crippen LogP contribution in [0.15, 0.2) is 0 Å². The predicted octanol–water partition coefficient (Wildman–Crippen LogP) is 6.45. The lowest BCUT2D eigenvalue weighted by molar-refractivity contribution is -0.130. The quantitative estimate of drug-likeness (QED) is 0.531. The van der Waals surface area contributed by atoms with Crippen LogP contribution in [0.1, 0.15) is 86.0 Å². The van der Waals surface area contributed by atoms with Crippen molar-refractivity contribution in [1.82, 2.24) is 0 Å². The third-order valence-corrected chi connectivity index (χ3v) is 8.71. The van der Waals surface area contributed by atoms with Crippen molar-refractivity contribution in [3.63, 3.8) is 0 Å². The van der Waals surface area contributed by atoms with Gasteiger partial charge < -0.3 is 0 Å². The number of rotatable bonds is 1. The Kier molecular flexibility index (Phi) is 5.66. The lowest BCUT2D eigenvalue weighted by atomic mass is 9.49. The molecule has 0 aromatic rings. The van der Waals surface area contributed by atoms with E-state index in [0.29, 0.717) is 35.4 Å². The summed E-state index contributed by atoms with van der Waals surface area (Å²) in [6.45, 7) is 10.4. The molecule has 4 aliphatic rings. The van der Waals surface area contributed by atoms with Crippen LogP contribution in [0.3, 0.4) is 0 Å². The van der Waals surface area contributed by atoms with Gasteiger partial charge in [-0.2, -0.15) is 0 Å². The van der Waals surface area contributed by atoms with Crippen LogP contribution >= 0.6 is 0 Å². The monoisotopic (exact) mass is 350 g/mol. The van der Waals surface area contributed by atoms with Gasteiger partial charge in [0.2, 0.25) is 0 Å². The Hall–Kier alpha value is -0.400. The van der Waals surface area contributed by atoms with Crippen molar-refractivity contribution in [2.75, 3.05) is 0 Å². The summed E-state index contributed by atoms with van der Waals surface area (Å²) >= 11 is 0. The highest BCUT2D eigenvalue weighted by molar-refractivity contribution is 5.79. The first-order valence-electron chi connectivity index (χ1n) is 11.1. The first kappa shape index (κ1) is 19.4. The van der Waals surface area contributed by atoms with E-state index in [1.165, 1.54) is 32.1 Å². The highest BCUT2D eigenvalue weighted by atomic mass is 19.1. The molecular weight excluding hydrogens is 311 g/mol. The van der Waals surface area contributed by atoms with Gasteiger partial charge in [0.15, 0.2) is 0 Å². The van der Waals surface area contributed by atoms with Crippen LogP contribution < -0.4 is 0 Å². The second-order valence-corrected chi connectivity index (χ2v) is 9.72.